The summed E-state index contributed by atoms with van der Waals surface area (Å²) in [7, 11) is 1.54. The Bertz CT molecular complexity index is 590. The maximum absolute atomic E-state index is 11.8. The van der Waals surface area contributed by atoms with Gasteiger partial charge >= 0.3 is 0 Å². The van der Waals surface area contributed by atoms with Crippen LogP contribution in [0, 0.1) is 0 Å². The van der Waals surface area contributed by atoms with Gasteiger partial charge in [-0.1, -0.05) is 6.07 Å². The minimum absolute atomic E-state index is 0.0686. The predicted octanol–water partition coefficient (Wildman–Crippen LogP) is 2.48. The number of rotatable bonds is 5. The first-order valence-corrected chi connectivity index (χ1v) is 6.03. The zero-order valence-corrected chi connectivity index (χ0v) is 11.2. The molecule has 2 aromatic rings. The standard InChI is InChI=1S/C14H16N2O3/c1-4-19-11-8-15-16(9-11)12-6-5-7-13(18-3)14(12)10(2)17/h5-9H,4H2,1-3H3. The van der Waals surface area contributed by atoms with E-state index in [1.54, 1.807) is 30.3 Å². The fourth-order valence-corrected chi connectivity index (χ4v) is 1.91. The highest BCUT2D eigenvalue weighted by atomic mass is 16.5. The van der Waals surface area contributed by atoms with Crippen LogP contribution in [0.25, 0.3) is 5.69 Å². The summed E-state index contributed by atoms with van der Waals surface area (Å²) in [6.07, 6.45) is 3.36. The fourth-order valence-electron chi connectivity index (χ4n) is 1.91. The first kappa shape index (κ1) is 13.1. The van der Waals surface area contributed by atoms with Crippen molar-refractivity contribution in [2.45, 2.75) is 13.8 Å². The number of ether oxygens (including phenoxy) is 2. The first-order valence-electron chi connectivity index (χ1n) is 6.03. The van der Waals surface area contributed by atoms with Crippen LogP contribution < -0.4 is 9.47 Å². The van der Waals surface area contributed by atoms with Crippen molar-refractivity contribution in [3.8, 4) is 17.2 Å². The van der Waals surface area contributed by atoms with E-state index in [1.165, 1.54) is 6.92 Å². The number of ketones is 1. The average molecular weight is 260 g/mol. The molecule has 5 heteroatoms. The summed E-state index contributed by atoms with van der Waals surface area (Å²) in [5, 5.41) is 4.21. The number of methoxy groups -OCH3 is 1. The van der Waals surface area contributed by atoms with Crippen molar-refractivity contribution in [1.82, 2.24) is 9.78 Å². The molecule has 1 aromatic heterocycles. The molecule has 1 aromatic carbocycles. The van der Waals surface area contributed by atoms with Crippen LogP contribution in [0.4, 0.5) is 0 Å². The second-order valence-electron chi connectivity index (χ2n) is 3.96. The van der Waals surface area contributed by atoms with Crippen LogP contribution in [0.2, 0.25) is 0 Å². The van der Waals surface area contributed by atoms with Crippen LogP contribution in [-0.2, 0) is 0 Å². The van der Waals surface area contributed by atoms with Crippen molar-refractivity contribution in [3.63, 3.8) is 0 Å². The van der Waals surface area contributed by atoms with Crippen LogP contribution in [0.3, 0.4) is 0 Å². The second kappa shape index (κ2) is 5.56. The number of nitrogens with zero attached hydrogens (tertiary/aromatic N) is 2. The molecule has 19 heavy (non-hydrogen) atoms. The summed E-state index contributed by atoms with van der Waals surface area (Å²) in [6, 6.07) is 5.40. The maximum Gasteiger partial charge on any atom is 0.165 e. The highest BCUT2D eigenvalue weighted by molar-refractivity contribution is 6.00. The third-order valence-electron chi connectivity index (χ3n) is 2.69. The third-order valence-corrected chi connectivity index (χ3v) is 2.69. The van der Waals surface area contributed by atoms with E-state index in [4.69, 9.17) is 9.47 Å². The number of benzene rings is 1. The second-order valence-corrected chi connectivity index (χ2v) is 3.96. The molecule has 2 rings (SSSR count). The van der Waals surface area contributed by atoms with Gasteiger partial charge in [0, 0.05) is 0 Å². The number of aromatic nitrogens is 2. The molecule has 0 fully saturated rings. The molecule has 0 N–H and O–H groups in total. The van der Waals surface area contributed by atoms with Crippen LogP contribution >= 0.6 is 0 Å². The van der Waals surface area contributed by atoms with Crippen molar-refractivity contribution < 1.29 is 14.3 Å². The van der Waals surface area contributed by atoms with Gasteiger partial charge in [0.05, 0.1) is 37.4 Å². The van der Waals surface area contributed by atoms with Crippen LogP contribution in [0.15, 0.2) is 30.6 Å². The highest BCUT2D eigenvalue weighted by Crippen LogP contribution is 2.26. The Morgan fingerprint density at radius 3 is 2.84 bits per heavy atom. The molecule has 0 atom stereocenters. The van der Waals surface area contributed by atoms with Crippen LogP contribution in [0.1, 0.15) is 24.2 Å². The lowest BCUT2D eigenvalue weighted by molar-refractivity contribution is 0.101. The summed E-state index contributed by atoms with van der Waals surface area (Å²) in [6.45, 7) is 3.99. The molecule has 5 nitrogen and oxygen atoms in total. The SMILES string of the molecule is CCOc1cnn(-c2cccc(OC)c2C(C)=O)c1. The molecule has 0 aliphatic carbocycles. The van der Waals surface area contributed by atoms with Crippen LogP contribution in [-0.4, -0.2) is 29.3 Å². The van der Waals surface area contributed by atoms with E-state index in [-0.39, 0.29) is 5.78 Å². The molecule has 0 saturated carbocycles. The van der Waals surface area contributed by atoms with Crippen LogP contribution in [0.5, 0.6) is 11.5 Å². The van der Waals surface area contributed by atoms with E-state index in [1.807, 2.05) is 19.1 Å². The van der Waals surface area contributed by atoms with Gasteiger partial charge in [-0.15, -0.1) is 0 Å². The Morgan fingerprint density at radius 2 is 2.21 bits per heavy atom. The van der Waals surface area contributed by atoms with Gasteiger partial charge in [0.2, 0.25) is 0 Å². The maximum atomic E-state index is 11.8. The summed E-state index contributed by atoms with van der Waals surface area (Å²) in [5.41, 5.74) is 1.19. The van der Waals surface area contributed by atoms with E-state index >= 15 is 0 Å². The molecule has 0 aliphatic heterocycles. The Balaban J connectivity index is 2.51. The zero-order valence-electron chi connectivity index (χ0n) is 11.2. The Hall–Kier alpha value is -2.30. The van der Waals surface area contributed by atoms with Gasteiger partial charge in [-0.05, 0) is 26.0 Å². The average Bonchev–Trinajstić information content (AvgIpc) is 2.86. The van der Waals surface area contributed by atoms with Crippen molar-refractivity contribution in [1.29, 1.82) is 0 Å². The van der Waals surface area contributed by atoms with Crippen molar-refractivity contribution >= 4 is 5.78 Å². The van der Waals surface area contributed by atoms with E-state index < -0.39 is 0 Å². The van der Waals surface area contributed by atoms with Crippen molar-refractivity contribution in [2.24, 2.45) is 0 Å². The van der Waals surface area contributed by atoms with E-state index in [0.29, 0.717) is 29.4 Å². The molecule has 0 bridgehead atoms. The largest absolute Gasteiger partial charge is 0.496 e. The first-order chi connectivity index (χ1) is 9.17. The lowest BCUT2D eigenvalue weighted by Crippen LogP contribution is -2.06. The lowest BCUT2D eigenvalue weighted by atomic mass is 10.1. The van der Waals surface area contributed by atoms with E-state index in [2.05, 4.69) is 5.10 Å². The predicted molar refractivity (Wildman–Crippen MR) is 71.3 cm³/mol. The molecule has 0 saturated heterocycles. The summed E-state index contributed by atoms with van der Waals surface area (Å²) in [5.74, 6) is 1.14. The normalized spacial score (nSPS) is 10.3. The fraction of sp³-hybridized carbons (Fsp3) is 0.286. The molecule has 0 aliphatic rings. The Morgan fingerprint density at radius 1 is 1.42 bits per heavy atom. The van der Waals surface area contributed by atoms with Gasteiger partial charge in [0.1, 0.15) is 5.75 Å². The minimum Gasteiger partial charge on any atom is -0.496 e. The number of Topliss-reactive ketones (excluding diaryl/α,β-unsaturated/α-hetero) is 1. The van der Waals surface area contributed by atoms with Gasteiger partial charge in [-0.2, -0.15) is 5.10 Å². The number of carbonyl (C=O) groups excluding carboxylic acids is 1. The monoisotopic (exact) mass is 260 g/mol. The molecule has 1 heterocycles. The molecule has 0 amide bonds. The highest BCUT2D eigenvalue weighted by Gasteiger charge is 2.15. The minimum atomic E-state index is -0.0686. The Labute approximate surface area is 111 Å². The van der Waals surface area contributed by atoms with Gasteiger partial charge in [0.15, 0.2) is 11.5 Å². The summed E-state index contributed by atoms with van der Waals surface area (Å²) < 4.78 is 12.2. The molecular formula is C14H16N2O3. The smallest absolute Gasteiger partial charge is 0.165 e. The van der Waals surface area contributed by atoms with Crippen molar-refractivity contribution in [3.05, 3.63) is 36.2 Å². The number of hydrogen-bond donors (Lipinski definition) is 0. The Kier molecular flexibility index (Phi) is 3.85. The molecule has 100 valence electrons. The lowest BCUT2D eigenvalue weighted by Gasteiger charge is -2.11. The topological polar surface area (TPSA) is 53.4 Å². The van der Waals surface area contributed by atoms with Gasteiger partial charge in [-0.25, -0.2) is 4.68 Å². The zero-order chi connectivity index (χ0) is 13.8. The quantitative estimate of drug-likeness (QED) is 0.775. The number of carbonyl (C=O) groups is 1. The molecule has 0 radical (unpaired) electrons. The third kappa shape index (κ3) is 2.59. The van der Waals surface area contributed by atoms with Gasteiger partial charge < -0.3 is 9.47 Å². The van der Waals surface area contributed by atoms with Gasteiger partial charge in [0.25, 0.3) is 0 Å². The molecular weight excluding hydrogens is 244 g/mol. The van der Waals surface area contributed by atoms with E-state index in [0.717, 1.165) is 0 Å². The molecule has 0 spiro atoms. The summed E-state index contributed by atoms with van der Waals surface area (Å²) in [4.78, 5) is 11.8. The molecule has 0 unspecified atom stereocenters. The van der Waals surface area contributed by atoms with Crippen molar-refractivity contribution in [2.75, 3.05) is 13.7 Å². The van der Waals surface area contributed by atoms with E-state index in [9.17, 15) is 4.79 Å². The van der Waals surface area contributed by atoms with Gasteiger partial charge in [-0.3, -0.25) is 4.79 Å². The summed E-state index contributed by atoms with van der Waals surface area (Å²) >= 11 is 0. The number of hydrogen-bond acceptors (Lipinski definition) is 4.